The highest BCUT2D eigenvalue weighted by Crippen LogP contribution is 2.31. The topological polar surface area (TPSA) is 67.4 Å². The summed E-state index contributed by atoms with van der Waals surface area (Å²) in [6.45, 7) is 1.88. The fourth-order valence-corrected chi connectivity index (χ4v) is 3.69. The fourth-order valence-electron chi connectivity index (χ4n) is 2.80. The zero-order valence-electron chi connectivity index (χ0n) is 15.0. The Hall–Kier alpha value is -2.87. The van der Waals surface area contributed by atoms with Gasteiger partial charge >= 0.3 is 12.0 Å². The molecule has 0 aromatic heterocycles. The van der Waals surface area contributed by atoms with Gasteiger partial charge < -0.3 is 15.4 Å². The molecule has 2 aromatic rings. The van der Waals surface area contributed by atoms with E-state index in [9.17, 15) is 18.4 Å². The third-order valence-corrected chi connectivity index (χ3v) is 5.08. The molecule has 146 valence electrons. The van der Waals surface area contributed by atoms with Gasteiger partial charge in [0.2, 0.25) is 0 Å². The lowest BCUT2D eigenvalue weighted by molar-refractivity contribution is -0.139. The number of urea groups is 1. The van der Waals surface area contributed by atoms with Crippen LogP contribution in [-0.2, 0) is 9.53 Å². The minimum Gasteiger partial charge on any atom is -0.463 e. The van der Waals surface area contributed by atoms with Crippen molar-refractivity contribution in [3.05, 3.63) is 77.0 Å². The van der Waals surface area contributed by atoms with Crippen molar-refractivity contribution in [1.82, 2.24) is 10.6 Å². The van der Waals surface area contributed by atoms with E-state index >= 15 is 0 Å². The van der Waals surface area contributed by atoms with Crippen LogP contribution >= 0.6 is 11.8 Å². The Morgan fingerprint density at radius 1 is 1.14 bits per heavy atom. The van der Waals surface area contributed by atoms with Crippen LogP contribution in [0, 0.1) is 11.6 Å². The maximum absolute atomic E-state index is 13.4. The lowest BCUT2D eigenvalue weighted by Gasteiger charge is -2.29. The van der Waals surface area contributed by atoms with Gasteiger partial charge in [0.05, 0.1) is 18.2 Å². The van der Waals surface area contributed by atoms with Gasteiger partial charge in [-0.2, -0.15) is 0 Å². The van der Waals surface area contributed by atoms with E-state index in [1.807, 2.05) is 18.2 Å². The molecule has 0 saturated carbocycles. The normalized spacial score (nSPS) is 16.4. The van der Waals surface area contributed by atoms with Crippen LogP contribution in [0.5, 0.6) is 0 Å². The zero-order chi connectivity index (χ0) is 20.1. The molecular formula is C20H18F2N2O3S. The smallest absolute Gasteiger partial charge is 0.338 e. The van der Waals surface area contributed by atoms with E-state index in [1.54, 1.807) is 19.1 Å². The molecule has 1 atom stereocenters. The van der Waals surface area contributed by atoms with Gasteiger partial charge in [-0.1, -0.05) is 30.3 Å². The molecule has 0 saturated heterocycles. The van der Waals surface area contributed by atoms with Crippen molar-refractivity contribution in [3.8, 4) is 0 Å². The van der Waals surface area contributed by atoms with Gasteiger partial charge in [-0.15, -0.1) is 11.8 Å². The summed E-state index contributed by atoms with van der Waals surface area (Å²) >= 11 is 1.17. The summed E-state index contributed by atoms with van der Waals surface area (Å²) in [7, 11) is 0. The third kappa shape index (κ3) is 4.51. The molecule has 0 bridgehead atoms. The van der Waals surface area contributed by atoms with Gasteiger partial charge in [-0.3, -0.25) is 0 Å². The van der Waals surface area contributed by atoms with Crippen LogP contribution in [0.25, 0.3) is 0 Å². The molecule has 2 aromatic carbocycles. The first-order chi connectivity index (χ1) is 13.5. The second-order valence-electron chi connectivity index (χ2n) is 5.92. The lowest BCUT2D eigenvalue weighted by Crippen LogP contribution is -2.46. The summed E-state index contributed by atoms with van der Waals surface area (Å²) in [5.41, 5.74) is 1.38. The van der Waals surface area contributed by atoms with Gasteiger partial charge in [0.15, 0.2) is 11.6 Å². The Morgan fingerprint density at radius 3 is 2.57 bits per heavy atom. The van der Waals surface area contributed by atoms with Gasteiger partial charge in [0.25, 0.3) is 0 Å². The second kappa shape index (κ2) is 8.88. The first-order valence-corrected chi connectivity index (χ1v) is 9.58. The van der Waals surface area contributed by atoms with Crippen LogP contribution in [-0.4, -0.2) is 24.4 Å². The van der Waals surface area contributed by atoms with E-state index in [-0.39, 0.29) is 17.9 Å². The summed E-state index contributed by atoms with van der Waals surface area (Å²) in [6, 6.07) is 11.5. The average molecular weight is 404 g/mol. The highest BCUT2D eigenvalue weighted by molar-refractivity contribution is 7.99. The van der Waals surface area contributed by atoms with Gasteiger partial charge in [0, 0.05) is 16.3 Å². The first kappa shape index (κ1) is 19.9. The van der Waals surface area contributed by atoms with E-state index in [1.165, 1.54) is 17.8 Å². The molecule has 5 nitrogen and oxygen atoms in total. The molecule has 1 aliphatic rings. The van der Waals surface area contributed by atoms with Crippen molar-refractivity contribution < 1.29 is 23.1 Å². The SMILES string of the molecule is CCOC(=O)C1=C(CSc2ccc(F)c(F)c2)NC(=O)N[C@H]1c1ccccc1. The van der Waals surface area contributed by atoms with Crippen molar-refractivity contribution in [1.29, 1.82) is 0 Å². The van der Waals surface area contributed by atoms with Crippen molar-refractivity contribution in [2.45, 2.75) is 17.9 Å². The number of amides is 2. The van der Waals surface area contributed by atoms with Crippen LogP contribution in [0.4, 0.5) is 13.6 Å². The van der Waals surface area contributed by atoms with E-state index in [4.69, 9.17) is 4.74 Å². The number of rotatable bonds is 6. The third-order valence-electron chi connectivity index (χ3n) is 4.06. The Bertz CT molecular complexity index is 919. The number of nitrogens with one attached hydrogen (secondary N) is 2. The highest BCUT2D eigenvalue weighted by atomic mass is 32.2. The first-order valence-electron chi connectivity index (χ1n) is 8.60. The van der Waals surface area contributed by atoms with Crippen LogP contribution in [0.3, 0.4) is 0 Å². The summed E-state index contributed by atoms with van der Waals surface area (Å²) in [4.78, 5) is 25.3. The molecule has 0 unspecified atom stereocenters. The van der Waals surface area contributed by atoms with Gasteiger partial charge in [-0.25, -0.2) is 18.4 Å². The lowest BCUT2D eigenvalue weighted by atomic mass is 9.95. The fraction of sp³-hybridized carbons (Fsp3) is 0.200. The minimum absolute atomic E-state index is 0.177. The molecule has 0 aliphatic carbocycles. The molecule has 0 spiro atoms. The van der Waals surface area contributed by atoms with Crippen LogP contribution in [0.1, 0.15) is 18.5 Å². The number of carbonyl (C=O) groups is 2. The van der Waals surface area contributed by atoms with E-state index in [0.717, 1.165) is 17.7 Å². The second-order valence-corrected chi connectivity index (χ2v) is 6.97. The summed E-state index contributed by atoms with van der Waals surface area (Å²) in [6.07, 6.45) is 0. The molecule has 1 aliphatic heterocycles. The Labute approximate surface area is 165 Å². The predicted molar refractivity (Wildman–Crippen MR) is 102 cm³/mol. The molecule has 1 heterocycles. The largest absolute Gasteiger partial charge is 0.463 e. The van der Waals surface area contributed by atoms with Gasteiger partial charge in [-0.05, 0) is 30.7 Å². The quantitative estimate of drug-likeness (QED) is 0.566. The molecular weight excluding hydrogens is 386 g/mol. The molecule has 0 radical (unpaired) electrons. The van der Waals surface area contributed by atoms with Crippen molar-refractivity contribution in [2.24, 2.45) is 0 Å². The monoisotopic (exact) mass is 404 g/mol. The minimum atomic E-state index is -0.957. The number of hydrogen-bond acceptors (Lipinski definition) is 4. The summed E-state index contributed by atoms with van der Waals surface area (Å²) < 4.78 is 31.7. The number of hydrogen-bond donors (Lipinski definition) is 2. The Kier molecular flexibility index (Phi) is 6.30. The van der Waals surface area contributed by atoms with Crippen molar-refractivity contribution in [3.63, 3.8) is 0 Å². The van der Waals surface area contributed by atoms with Crippen LogP contribution in [0.15, 0.2) is 64.7 Å². The number of halogens is 2. The van der Waals surface area contributed by atoms with Crippen molar-refractivity contribution in [2.75, 3.05) is 12.4 Å². The number of carbonyl (C=O) groups excluding carboxylic acids is 2. The summed E-state index contributed by atoms with van der Waals surface area (Å²) in [5.74, 6) is -2.27. The Morgan fingerprint density at radius 2 is 1.89 bits per heavy atom. The molecule has 2 N–H and O–H groups in total. The average Bonchev–Trinajstić information content (AvgIpc) is 2.69. The van der Waals surface area contributed by atoms with Crippen LogP contribution in [0.2, 0.25) is 0 Å². The molecule has 28 heavy (non-hydrogen) atoms. The zero-order valence-corrected chi connectivity index (χ0v) is 15.8. The maximum Gasteiger partial charge on any atom is 0.338 e. The summed E-state index contributed by atoms with van der Waals surface area (Å²) in [5, 5.41) is 5.38. The standard InChI is InChI=1S/C20H18F2N2O3S/c1-2-27-19(25)17-16(11-28-13-8-9-14(21)15(22)10-13)23-20(26)24-18(17)12-6-4-3-5-7-12/h3-10,18H,2,11H2,1H3,(H2,23,24,26)/t18-/m0/s1. The number of ether oxygens (including phenoxy) is 1. The molecule has 8 heteroatoms. The van der Waals surface area contributed by atoms with E-state index < -0.39 is 29.7 Å². The van der Waals surface area contributed by atoms with Crippen LogP contribution < -0.4 is 10.6 Å². The highest BCUT2D eigenvalue weighted by Gasteiger charge is 2.33. The van der Waals surface area contributed by atoms with E-state index in [0.29, 0.717) is 10.6 Å². The van der Waals surface area contributed by atoms with Gasteiger partial charge in [0.1, 0.15) is 0 Å². The molecule has 2 amide bonds. The maximum atomic E-state index is 13.4. The molecule has 0 fully saturated rings. The number of thioether (sulfide) groups is 1. The van der Waals surface area contributed by atoms with E-state index in [2.05, 4.69) is 10.6 Å². The number of benzene rings is 2. The van der Waals surface area contributed by atoms with Crippen molar-refractivity contribution >= 4 is 23.8 Å². The molecule has 3 rings (SSSR count). The number of esters is 1. The Balaban J connectivity index is 1.94. The predicted octanol–water partition coefficient (Wildman–Crippen LogP) is 3.93.